The van der Waals surface area contributed by atoms with E-state index in [1.165, 1.54) is 12.1 Å². The minimum atomic E-state index is -0.628. The number of ether oxygens (including phenoxy) is 2. The Labute approximate surface area is 172 Å². The van der Waals surface area contributed by atoms with Gasteiger partial charge in [0.25, 0.3) is 0 Å². The third-order valence-electron chi connectivity index (χ3n) is 4.45. The van der Waals surface area contributed by atoms with Crippen molar-refractivity contribution < 1.29 is 23.5 Å². The fraction of sp³-hybridized carbons (Fsp3) is 0.417. The molecule has 2 aromatic rings. The standard InChI is InChI=1S/C24H29FO4/c1-16(15-21(26)29-24(3,4)5)23(27)28-17(2)22(18-9-7-6-8-10-18)19-11-13-20(25)14-12-19/h6-14,16-17,22H,15H2,1-5H3/t16-,17+,22+/m1/s1. The van der Waals surface area contributed by atoms with Gasteiger partial charge in [-0.25, -0.2) is 4.39 Å². The maximum atomic E-state index is 13.4. The highest BCUT2D eigenvalue weighted by Crippen LogP contribution is 2.30. The van der Waals surface area contributed by atoms with Gasteiger partial charge in [0.15, 0.2) is 0 Å². The zero-order chi connectivity index (χ0) is 21.6. The second-order valence-electron chi connectivity index (χ2n) is 8.27. The molecule has 0 saturated heterocycles. The molecule has 2 rings (SSSR count). The van der Waals surface area contributed by atoms with Gasteiger partial charge in [-0.1, -0.05) is 49.4 Å². The minimum Gasteiger partial charge on any atom is -0.461 e. The molecular weight excluding hydrogens is 371 g/mol. The summed E-state index contributed by atoms with van der Waals surface area (Å²) in [6.45, 7) is 8.79. The zero-order valence-electron chi connectivity index (χ0n) is 17.6. The van der Waals surface area contributed by atoms with Crippen LogP contribution in [0.1, 0.15) is 58.1 Å². The first-order chi connectivity index (χ1) is 13.6. The summed E-state index contributed by atoms with van der Waals surface area (Å²) < 4.78 is 24.4. The molecule has 0 N–H and O–H groups in total. The first kappa shape index (κ1) is 22.6. The Kier molecular flexibility index (Phi) is 7.54. The Balaban J connectivity index is 2.13. The highest BCUT2D eigenvalue weighted by Gasteiger charge is 2.28. The van der Waals surface area contributed by atoms with Gasteiger partial charge in [-0.3, -0.25) is 9.59 Å². The van der Waals surface area contributed by atoms with Gasteiger partial charge in [0.1, 0.15) is 17.5 Å². The van der Waals surface area contributed by atoms with E-state index >= 15 is 0 Å². The molecule has 4 nitrogen and oxygen atoms in total. The van der Waals surface area contributed by atoms with E-state index in [9.17, 15) is 14.0 Å². The molecule has 0 unspecified atom stereocenters. The molecule has 0 fully saturated rings. The molecule has 0 radical (unpaired) electrons. The molecule has 0 aromatic heterocycles. The SMILES string of the molecule is C[C@H](CC(=O)OC(C)(C)C)C(=O)O[C@@H](C)[C@@H](c1ccccc1)c1ccc(F)cc1. The lowest BCUT2D eigenvalue weighted by Crippen LogP contribution is -2.30. The molecule has 0 aliphatic heterocycles. The van der Waals surface area contributed by atoms with Crippen LogP contribution in [0.2, 0.25) is 0 Å². The minimum absolute atomic E-state index is 0.0463. The van der Waals surface area contributed by atoms with Crippen molar-refractivity contribution in [1.82, 2.24) is 0 Å². The van der Waals surface area contributed by atoms with Crippen molar-refractivity contribution in [3.05, 3.63) is 71.5 Å². The van der Waals surface area contributed by atoms with Crippen LogP contribution in [-0.4, -0.2) is 23.6 Å². The van der Waals surface area contributed by atoms with Crippen molar-refractivity contribution in [2.24, 2.45) is 5.92 Å². The third-order valence-corrected chi connectivity index (χ3v) is 4.45. The second kappa shape index (κ2) is 9.68. The molecule has 0 spiro atoms. The van der Waals surface area contributed by atoms with Crippen LogP contribution in [0.25, 0.3) is 0 Å². The van der Waals surface area contributed by atoms with Crippen molar-refractivity contribution in [3.8, 4) is 0 Å². The van der Waals surface area contributed by atoms with Gasteiger partial charge in [0.2, 0.25) is 0 Å². The Bertz CT molecular complexity index is 809. The summed E-state index contributed by atoms with van der Waals surface area (Å²) in [6, 6.07) is 15.8. The summed E-state index contributed by atoms with van der Waals surface area (Å²) in [7, 11) is 0. The van der Waals surface area contributed by atoms with E-state index in [0.29, 0.717) is 0 Å². The van der Waals surface area contributed by atoms with Crippen LogP contribution in [0.15, 0.2) is 54.6 Å². The molecule has 0 heterocycles. The molecule has 2 aromatic carbocycles. The molecular formula is C24H29FO4. The number of benzene rings is 2. The quantitative estimate of drug-likeness (QED) is 0.595. The molecule has 3 atom stereocenters. The number of hydrogen-bond acceptors (Lipinski definition) is 4. The summed E-state index contributed by atoms with van der Waals surface area (Å²) in [5.41, 5.74) is 1.20. The van der Waals surface area contributed by atoms with Gasteiger partial charge >= 0.3 is 11.9 Å². The van der Waals surface area contributed by atoms with Crippen molar-refractivity contribution >= 4 is 11.9 Å². The van der Waals surface area contributed by atoms with Gasteiger partial charge in [-0.05, 0) is 51.0 Å². The van der Waals surface area contributed by atoms with E-state index in [1.54, 1.807) is 46.8 Å². The highest BCUT2D eigenvalue weighted by atomic mass is 19.1. The summed E-state index contributed by atoms with van der Waals surface area (Å²) in [5, 5.41) is 0. The fourth-order valence-corrected chi connectivity index (χ4v) is 3.15. The normalized spacial score (nSPS) is 14.6. The van der Waals surface area contributed by atoms with Gasteiger partial charge in [0, 0.05) is 5.92 Å². The smallest absolute Gasteiger partial charge is 0.309 e. The number of carbonyl (C=O) groups excluding carboxylic acids is 2. The first-order valence-corrected chi connectivity index (χ1v) is 9.79. The molecule has 156 valence electrons. The average molecular weight is 400 g/mol. The largest absolute Gasteiger partial charge is 0.461 e. The highest BCUT2D eigenvalue weighted by molar-refractivity contribution is 5.80. The monoisotopic (exact) mass is 400 g/mol. The van der Waals surface area contributed by atoms with Gasteiger partial charge in [0.05, 0.1) is 12.3 Å². The molecule has 0 bridgehead atoms. The van der Waals surface area contributed by atoms with E-state index in [-0.39, 0.29) is 18.2 Å². The maximum Gasteiger partial charge on any atom is 0.309 e. The van der Waals surface area contributed by atoms with Crippen LogP contribution in [0.5, 0.6) is 0 Å². The van der Waals surface area contributed by atoms with Crippen LogP contribution in [-0.2, 0) is 19.1 Å². The molecule has 0 aliphatic carbocycles. The Hall–Kier alpha value is -2.69. The van der Waals surface area contributed by atoms with Crippen LogP contribution in [0, 0.1) is 11.7 Å². The van der Waals surface area contributed by atoms with E-state index in [1.807, 2.05) is 30.3 Å². The van der Waals surface area contributed by atoms with E-state index < -0.39 is 29.6 Å². The lowest BCUT2D eigenvalue weighted by molar-refractivity contribution is -0.163. The van der Waals surface area contributed by atoms with Gasteiger partial charge < -0.3 is 9.47 Å². The van der Waals surface area contributed by atoms with E-state index in [4.69, 9.17) is 9.47 Å². The fourth-order valence-electron chi connectivity index (χ4n) is 3.15. The number of rotatable bonds is 7. The van der Waals surface area contributed by atoms with E-state index in [2.05, 4.69) is 0 Å². The molecule has 5 heteroatoms. The third kappa shape index (κ3) is 7.00. The molecule has 0 saturated carbocycles. The number of halogens is 1. The number of esters is 2. The Morgan fingerprint density at radius 3 is 2.03 bits per heavy atom. The zero-order valence-corrected chi connectivity index (χ0v) is 17.6. The summed E-state index contributed by atoms with van der Waals surface area (Å²) >= 11 is 0. The first-order valence-electron chi connectivity index (χ1n) is 9.79. The number of carbonyl (C=O) groups is 2. The summed E-state index contributed by atoms with van der Waals surface area (Å²) in [6.07, 6.45) is -0.550. The maximum absolute atomic E-state index is 13.4. The predicted molar refractivity (Wildman–Crippen MR) is 110 cm³/mol. The van der Waals surface area contributed by atoms with Crippen molar-refractivity contribution in [1.29, 1.82) is 0 Å². The average Bonchev–Trinajstić information content (AvgIpc) is 2.62. The van der Waals surface area contributed by atoms with Crippen LogP contribution in [0.3, 0.4) is 0 Å². The van der Waals surface area contributed by atoms with E-state index in [0.717, 1.165) is 11.1 Å². The van der Waals surface area contributed by atoms with Gasteiger partial charge in [-0.15, -0.1) is 0 Å². The van der Waals surface area contributed by atoms with Crippen LogP contribution >= 0.6 is 0 Å². The molecule has 0 amide bonds. The van der Waals surface area contributed by atoms with Crippen LogP contribution < -0.4 is 0 Å². The second-order valence-corrected chi connectivity index (χ2v) is 8.27. The topological polar surface area (TPSA) is 52.6 Å². The van der Waals surface area contributed by atoms with Crippen molar-refractivity contribution in [2.45, 2.75) is 58.7 Å². The lowest BCUT2D eigenvalue weighted by Gasteiger charge is -2.26. The molecule has 0 aliphatic rings. The van der Waals surface area contributed by atoms with Crippen molar-refractivity contribution in [3.63, 3.8) is 0 Å². The lowest BCUT2D eigenvalue weighted by atomic mass is 9.87. The molecule has 29 heavy (non-hydrogen) atoms. The van der Waals surface area contributed by atoms with Gasteiger partial charge in [-0.2, -0.15) is 0 Å². The Morgan fingerprint density at radius 2 is 1.48 bits per heavy atom. The summed E-state index contributed by atoms with van der Waals surface area (Å²) in [5.74, 6) is -2.11. The van der Waals surface area contributed by atoms with Crippen molar-refractivity contribution in [2.75, 3.05) is 0 Å². The predicted octanol–water partition coefficient (Wildman–Crippen LogP) is 5.26. The van der Waals surface area contributed by atoms with Crippen LogP contribution in [0.4, 0.5) is 4.39 Å². The summed E-state index contributed by atoms with van der Waals surface area (Å²) in [4.78, 5) is 24.6. The number of hydrogen-bond donors (Lipinski definition) is 0. The Morgan fingerprint density at radius 1 is 0.931 bits per heavy atom.